The number of aryl methyl sites for hydroxylation is 1. The molecule has 5 rings (SSSR count). The molecule has 0 bridgehead atoms. The molecule has 1 unspecified atom stereocenters. The summed E-state index contributed by atoms with van der Waals surface area (Å²) in [5.74, 6) is -0.402. The van der Waals surface area contributed by atoms with Gasteiger partial charge in [0.05, 0.1) is 6.04 Å². The summed E-state index contributed by atoms with van der Waals surface area (Å²) in [6, 6.07) is 25.5. The van der Waals surface area contributed by atoms with Crippen LogP contribution in [0.3, 0.4) is 0 Å². The number of benzene rings is 3. The Bertz CT molecular complexity index is 1240. The Morgan fingerprint density at radius 2 is 1.49 bits per heavy atom. The highest BCUT2D eigenvalue weighted by Gasteiger charge is 2.45. The summed E-state index contributed by atoms with van der Waals surface area (Å²) in [6.45, 7) is 4.59. The van der Waals surface area contributed by atoms with Crippen molar-refractivity contribution >= 4 is 0 Å². The number of hydrogen-bond donors (Lipinski definition) is 0. The Morgan fingerprint density at radius 1 is 0.886 bits per heavy atom. The van der Waals surface area contributed by atoms with E-state index in [-0.39, 0.29) is 12.0 Å². The third-order valence-electron chi connectivity index (χ3n) is 6.90. The molecule has 0 spiro atoms. The molecule has 3 aromatic carbocycles. The highest BCUT2D eigenvalue weighted by molar-refractivity contribution is 5.56. The van der Waals surface area contributed by atoms with E-state index in [4.69, 9.17) is 0 Å². The van der Waals surface area contributed by atoms with E-state index in [9.17, 15) is 4.39 Å². The smallest absolute Gasteiger partial charge is 0.181 e. The number of tetrazole rings is 1. The Hall–Kier alpha value is -3.45. The van der Waals surface area contributed by atoms with Crippen LogP contribution in [0.15, 0.2) is 78.9 Å². The van der Waals surface area contributed by atoms with Crippen LogP contribution in [-0.4, -0.2) is 43.9 Å². The molecule has 1 aliphatic heterocycles. The van der Waals surface area contributed by atoms with Crippen LogP contribution in [0.2, 0.25) is 0 Å². The van der Waals surface area contributed by atoms with Gasteiger partial charge in [0.1, 0.15) is 11.5 Å². The highest BCUT2D eigenvalue weighted by atomic mass is 19.1. The minimum atomic E-state index is -1.53. The molecule has 2 heterocycles. The maximum Gasteiger partial charge on any atom is 0.181 e. The summed E-state index contributed by atoms with van der Waals surface area (Å²) in [4.78, 5) is 2.38. The number of nitrogens with zero attached hydrogens (tertiary/aromatic N) is 5. The van der Waals surface area contributed by atoms with E-state index in [1.807, 2.05) is 42.5 Å². The van der Waals surface area contributed by atoms with Gasteiger partial charge in [0.15, 0.2) is 5.82 Å². The predicted octanol–water partition coefficient (Wildman–Crippen LogP) is 5.57. The molecule has 180 valence electrons. The van der Waals surface area contributed by atoms with Gasteiger partial charge in [-0.25, -0.2) is 13.5 Å². The van der Waals surface area contributed by atoms with Crippen molar-refractivity contribution in [3.63, 3.8) is 0 Å². The standard InChI is InChI=1S/C28H29F2N5/c1-28(2,30)25(21-14-22(16-24(29)15-21)27-31-32-33-34(27)3)23-17-35(18-23)26(19-10-6-4-7-11-19)20-12-8-5-9-13-20/h4-16,23,25-26H,17-18H2,1-3H3. The summed E-state index contributed by atoms with van der Waals surface area (Å²) < 4.78 is 31.9. The molecule has 1 saturated heterocycles. The van der Waals surface area contributed by atoms with Crippen molar-refractivity contribution in [1.82, 2.24) is 25.1 Å². The zero-order valence-corrected chi connectivity index (χ0v) is 20.1. The normalized spacial score (nSPS) is 15.8. The molecule has 1 fully saturated rings. The van der Waals surface area contributed by atoms with E-state index in [1.165, 1.54) is 27.9 Å². The van der Waals surface area contributed by atoms with Crippen LogP contribution in [0.25, 0.3) is 11.4 Å². The van der Waals surface area contributed by atoms with Gasteiger partial charge in [-0.05, 0) is 65.1 Å². The molecule has 35 heavy (non-hydrogen) atoms. The van der Waals surface area contributed by atoms with Crippen molar-refractivity contribution in [3.05, 3.63) is 101 Å². The summed E-state index contributed by atoms with van der Waals surface area (Å²) in [7, 11) is 1.70. The number of alkyl halides is 1. The van der Waals surface area contributed by atoms with E-state index >= 15 is 4.39 Å². The summed E-state index contributed by atoms with van der Waals surface area (Å²) in [5, 5.41) is 11.5. The maximum atomic E-state index is 15.7. The van der Waals surface area contributed by atoms with Gasteiger partial charge in [-0.2, -0.15) is 0 Å². The lowest BCUT2D eigenvalue weighted by Crippen LogP contribution is -2.53. The van der Waals surface area contributed by atoms with Crippen LogP contribution >= 0.6 is 0 Å². The van der Waals surface area contributed by atoms with Crippen molar-refractivity contribution in [2.24, 2.45) is 13.0 Å². The van der Waals surface area contributed by atoms with Gasteiger partial charge in [0.2, 0.25) is 0 Å². The van der Waals surface area contributed by atoms with E-state index in [0.717, 1.165) is 0 Å². The minimum Gasteiger partial charge on any atom is -0.292 e. The third-order valence-corrected chi connectivity index (χ3v) is 6.90. The molecule has 0 radical (unpaired) electrons. The summed E-state index contributed by atoms with van der Waals surface area (Å²) >= 11 is 0. The fourth-order valence-electron chi connectivity index (χ4n) is 5.48. The molecule has 4 aromatic rings. The Morgan fingerprint density at radius 3 is 2.00 bits per heavy atom. The molecule has 0 amide bonds. The van der Waals surface area contributed by atoms with Crippen LogP contribution in [0.1, 0.15) is 42.5 Å². The molecule has 7 heteroatoms. The number of halogens is 2. The summed E-state index contributed by atoms with van der Waals surface area (Å²) in [6.07, 6.45) is 0. The van der Waals surface area contributed by atoms with Gasteiger partial charge in [0, 0.05) is 31.6 Å². The van der Waals surface area contributed by atoms with Crippen LogP contribution in [0, 0.1) is 11.7 Å². The lowest BCUT2D eigenvalue weighted by Gasteiger charge is -2.50. The second-order valence-corrected chi connectivity index (χ2v) is 9.88. The zero-order chi connectivity index (χ0) is 24.6. The Kier molecular flexibility index (Phi) is 6.19. The first-order valence-electron chi connectivity index (χ1n) is 11.9. The van der Waals surface area contributed by atoms with Crippen LogP contribution in [0.5, 0.6) is 0 Å². The quantitative estimate of drug-likeness (QED) is 0.352. The fraction of sp³-hybridized carbons (Fsp3) is 0.321. The summed E-state index contributed by atoms with van der Waals surface area (Å²) in [5.41, 5.74) is 2.06. The van der Waals surface area contributed by atoms with Crippen LogP contribution in [0.4, 0.5) is 8.78 Å². The molecule has 0 saturated carbocycles. The molecular weight excluding hydrogens is 444 g/mol. The van der Waals surface area contributed by atoms with Gasteiger partial charge in [0.25, 0.3) is 0 Å². The van der Waals surface area contributed by atoms with Crippen molar-refractivity contribution < 1.29 is 8.78 Å². The first-order chi connectivity index (χ1) is 16.8. The lowest BCUT2D eigenvalue weighted by molar-refractivity contribution is 0.00814. The fourth-order valence-corrected chi connectivity index (χ4v) is 5.48. The number of aromatic nitrogens is 4. The lowest BCUT2D eigenvalue weighted by atomic mass is 9.72. The molecule has 5 nitrogen and oxygen atoms in total. The van der Waals surface area contributed by atoms with Crippen LogP contribution < -0.4 is 0 Å². The molecule has 1 aliphatic rings. The van der Waals surface area contributed by atoms with Gasteiger partial charge < -0.3 is 0 Å². The molecule has 0 N–H and O–H groups in total. The molecule has 1 aromatic heterocycles. The first kappa shape index (κ1) is 23.3. The van der Waals surface area contributed by atoms with Gasteiger partial charge in [-0.3, -0.25) is 4.90 Å². The first-order valence-corrected chi connectivity index (χ1v) is 11.9. The number of hydrogen-bond acceptors (Lipinski definition) is 4. The van der Waals surface area contributed by atoms with E-state index in [1.54, 1.807) is 20.9 Å². The topological polar surface area (TPSA) is 46.8 Å². The molecule has 1 atom stereocenters. The maximum absolute atomic E-state index is 15.7. The van der Waals surface area contributed by atoms with Gasteiger partial charge in [-0.15, -0.1) is 5.10 Å². The Balaban J connectivity index is 1.45. The second kappa shape index (κ2) is 9.30. The monoisotopic (exact) mass is 473 g/mol. The largest absolute Gasteiger partial charge is 0.292 e. The zero-order valence-electron chi connectivity index (χ0n) is 20.1. The van der Waals surface area contributed by atoms with E-state index in [0.29, 0.717) is 30.0 Å². The average molecular weight is 474 g/mol. The van der Waals surface area contributed by atoms with Crippen LogP contribution in [-0.2, 0) is 7.05 Å². The van der Waals surface area contributed by atoms with Gasteiger partial charge in [-0.1, -0.05) is 60.7 Å². The molecular formula is C28H29F2N5. The molecule has 0 aliphatic carbocycles. The highest BCUT2D eigenvalue weighted by Crippen LogP contribution is 2.46. The second-order valence-electron chi connectivity index (χ2n) is 9.88. The SMILES string of the molecule is Cn1nnnc1-c1cc(F)cc(C(C2CN(C(c3ccccc3)c3ccccc3)C2)C(C)(C)F)c1. The van der Waals surface area contributed by atoms with Gasteiger partial charge >= 0.3 is 0 Å². The third kappa shape index (κ3) is 4.73. The van der Waals surface area contributed by atoms with Crippen molar-refractivity contribution in [2.45, 2.75) is 31.5 Å². The number of rotatable bonds is 7. The van der Waals surface area contributed by atoms with E-state index < -0.39 is 17.4 Å². The predicted molar refractivity (Wildman–Crippen MR) is 132 cm³/mol. The van der Waals surface area contributed by atoms with E-state index in [2.05, 4.69) is 44.7 Å². The average Bonchev–Trinajstić information content (AvgIpc) is 3.23. The van der Waals surface area contributed by atoms with Crippen molar-refractivity contribution in [3.8, 4) is 11.4 Å². The number of likely N-dealkylation sites (tertiary alicyclic amines) is 1. The van der Waals surface area contributed by atoms with Crippen molar-refractivity contribution in [1.29, 1.82) is 0 Å². The minimum absolute atomic E-state index is 0.0391. The Labute approximate surface area is 204 Å². The van der Waals surface area contributed by atoms with Crippen molar-refractivity contribution in [2.75, 3.05) is 13.1 Å².